The summed E-state index contributed by atoms with van der Waals surface area (Å²) in [6, 6.07) is 0.355. The summed E-state index contributed by atoms with van der Waals surface area (Å²) >= 11 is 0. The molecule has 0 saturated carbocycles. The van der Waals surface area contributed by atoms with Crippen molar-refractivity contribution in [2.75, 3.05) is 13.2 Å². The Morgan fingerprint density at radius 2 is 2.40 bits per heavy atom. The molecular formula is C11H19NO3. The van der Waals surface area contributed by atoms with Crippen molar-refractivity contribution in [3.05, 3.63) is 11.6 Å². The molecule has 1 heterocycles. The molecular weight excluding hydrogens is 194 g/mol. The van der Waals surface area contributed by atoms with Gasteiger partial charge in [-0.2, -0.15) is 0 Å². The van der Waals surface area contributed by atoms with Crippen LogP contribution < -0.4 is 5.32 Å². The van der Waals surface area contributed by atoms with Gasteiger partial charge in [0.2, 0.25) is 0 Å². The van der Waals surface area contributed by atoms with Gasteiger partial charge in [0.1, 0.15) is 0 Å². The standard InChI is InChI=1S/C11H19NO3/c1-3-9(11(13)14)4-6-12-10-5-7-15-8(10)2/h4,8,10,12H,3,5-7H2,1-2H3,(H,13,14). The number of rotatable bonds is 5. The third kappa shape index (κ3) is 3.64. The van der Waals surface area contributed by atoms with Crippen molar-refractivity contribution in [1.82, 2.24) is 5.32 Å². The Morgan fingerprint density at radius 3 is 2.87 bits per heavy atom. The predicted octanol–water partition coefficient (Wildman–Crippen LogP) is 1.17. The molecule has 1 aliphatic heterocycles. The van der Waals surface area contributed by atoms with Crippen LogP contribution in [-0.4, -0.2) is 36.4 Å². The Labute approximate surface area is 90.3 Å². The molecule has 2 atom stereocenters. The summed E-state index contributed by atoms with van der Waals surface area (Å²) in [7, 11) is 0. The van der Waals surface area contributed by atoms with Gasteiger partial charge >= 0.3 is 5.97 Å². The second kappa shape index (κ2) is 5.88. The molecule has 0 spiro atoms. The fraction of sp³-hybridized carbons (Fsp3) is 0.727. The number of carboxylic acid groups (broad SMARTS) is 1. The van der Waals surface area contributed by atoms with Gasteiger partial charge in [0.05, 0.1) is 6.10 Å². The molecule has 0 aromatic heterocycles. The van der Waals surface area contributed by atoms with Crippen LogP contribution >= 0.6 is 0 Å². The van der Waals surface area contributed by atoms with Crippen LogP contribution in [0.2, 0.25) is 0 Å². The number of carboxylic acids is 1. The second-order valence-electron chi connectivity index (χ2n) is 3.77. The molecule has 0 aromatic rings. The van der Waals surface area contributed by atoms with Crippen LogP contribution in [0.1, 0.15) is 26.7 Å². The Morgan fingerprint density at radius 1 is 1.67 bits per heavy atom. The molecule has 1 rings (SSSR count). The maximum absolute atomic E-state index is 10.7. The molecule has 2 unspecified atom stereocenters. The van der Waals surface area contributed by atoms with Gasteiger partial charge in [-0.15, -0.1) is 0 Å². The van der Waals surface area contributed by atoms with Gasteiger partial charge in [0.25, 0.3) is 0 Å². The minimum atomic E-state index is -0.824. The summed E-state index contributed by atoms with van der Waals surface area (Å²) in [6.45, 7) is 5.28. The number of hydrogen-bond acceptors (Lipinski definition) is 3. The van der Waals surface area contributed by atoms with Gasteiger partial charge < -0.3 is 15.2 Å². The van der Waals surface area contributed by atoms with E-state index < -0.39 is 5.97 Å². The molecule has 0 aromatic carbocycles. The first-order valence-electron chi connectivity index (χ1n) is 5.42. The van der Waals surface area contributed by atoms with Crippen molar-refractivity contribution in [2.24, 2.45) is 0 Å². The summed E-state index contributed by atoms with van der Waals surface area (Å²) in [6.07, 6.45) is 3.54. The number of ether oxygens (including phenoxy) is 1. The maximum atomic E-state index is 10.7. The van der Waals surface area contributed by atoms with Crippen molar-refractivity contribution < 1.29 is 14.6 Å². The lowest BCUT2D eigenvalue weighted by Crippen LogP contribution is -2.34. The van der Waals surface area contributed by atoms with Crippen LogP contribution in [0.25, 0.3) is 0 Å². The fourth-order valence-electron chi connectivity index (χ4n) is 1.72. The minimum Gasteiger partial charge on any atom is -0.478 e. The van der Waals surface area contributed by atoms with Crippen molar-refractivity contribution in [1.29, 1.82) is 0 Å². The molecule has 1 saturated heterocycles. The van der Waals surface area contributed by atoms with Gasteiger partial charge in [-0.3, -0.25) is 0 Å². The molecule has 0 amide bonds. The van der Waals surface area contributed by atoms with Crippen molar-refractivity contribution >= 4 is 5.97 Å². The highest BCUT2D eigenvalue weighted by molar-refractivity contribution is 5.86. The molecule has 15 heavy (non-hydrogen) atoms. The molecule has 0 aliphatic carbocycles. The van der Waals surface area contributed by atoms with Gasteiger partial charge in [-0.05, 0) is 19.8 Å². The molecule has 1 fully saturated rings. The van der Waals surface area contributed by atoms with E-state index >= 15 is 0 Å². The van der Waals surface area contributed by atoms with Crippen molar-refractivity contribution in [3.63, 3.8) is 0 Å². The predicted molar refractivity (Wildman–Crippen MR) is 57.8 cm³/mol. The van der Waals surface area contributed by atoms with Crippen molar-refractivity contribution in [2.45, 2.75) is 38.8 Å². The Balaban J connectivity index is 2.33. The third-order valence-corrected chi connectivity index (χ3v) is 2.76. The van der Waals surface area contributed by atoms with E-state index in [1.807, 2.05) is 13.8 Å². The van der Waals surface area contributed by atoms with E-state index in [-0.39, 0.29) is 6.10 Å². The lowest BCUT2D eigenvalue weighted by atomic mass is 10.1. The highest BCUT2D eigenvalue weighted by Gasteiger charge is 2.22. The van der Waals surface area contributed by atoms with Crippen molar-refractivity contribution in [3.8, 4) is 0 Å². The smallest absolute Gasteiger partial charge is 0.331 e. The quantitative estimate of drug-likeness (QED) is 0.673. The molecule has 0 radical (unpaired) electrons. The van der Waals surface area contributed by atoms with Gasteiger partial charge in [0.15, 0.2) is 0 Å². The van der Waals surface area contributed by atoms with E-state index in [1.54, 1.807) is 6.08 Å². The van der Waals surface area contributed by atoms with E-state index in [0.29, 0.717) is 24.6 Å². The van der Waals surface area contributed by atoms with Crippen LogP contribution in [0.4, 0.5) is 0 Å². The third-order valence-electron chi connectivity index (χ3n) is 2.76. The Hall–Kier alpha value is -0.870. The Kier molecular flexibility index (Phi) is 4.78. The first-order chi connectivity index (χ1) is 7.15. The zero-order valence-corrected chi connectivity index (χ0v) is 9.32. The van der Waals surface area contributed by atoms with Crippen LogP contribution in [-0.2, 0) is 9.53 Å². The van der Waals surface area contributed by atoms with Gasteiger partial charge in [0, 0.05) is 24.8 Å². The lowest BCUT2D eigenvalue weighted by Gasteiger charge is -2.14. The summed E-state index contributed by atoms with van der Waals surface area (Å²) < 4.78 is 5.40. The molecule has 4 heteroatoms. The van der Waals surface area contributed by atoms with Crippen LogP contribution in [0.3, 0.4) is 0 Å². The number of nitrogens with one attached hydrogen (secondary N) is 1. The van der Waals surface area contributed by atoms with Crippen LogP contribution in [0.5, 0.6) is 0 Å². The fourth-order valence-corrected chi connectivity index (χ4v) is 1.72. The summed E-state index contributed by atoms with van der Waals surface area (Å²) in [5.41, 5.74) is 0.467. The zero-order chi connectivity index (χ0) is 11.3. The normalized spacial score (nSPS) is 26.9. The zero-order valence-electron chi connectivity index (χ0n) is 9.32. The Bertz CT molecular complexity index is 250. The van der Waals surface area contributed by atoms with E-state index in [2.05, 4.69) is 5.32 Å². The summed E-state index contributed by atoms with van der Waals surface area (Å²) in [5, 5.41) is 12.1. The first-order valence-corrected chi connectivity index (χ1v) is 5.42. The first kappa shape index (κ1) is 12.2. The topological polar surface area (TPSA) is 58.6 Å². The summed E-state index contributed by atoms with van der Waals surface area (Å²) in [4.78, 5) is 10.7. The molecule has 86 valence electrons. The highest BCUT2D eigenvalue weighted by atomic mass is 16.5. The minimum absolute atomic E-state index is 0.230. The monoisotopic (exact) mass is 213 g/mol. The van der Waals surface area contributed by atoms with Crippen LogP contribution in [0.15, 0.2) is 11.6 Å². The average Bonchev–Trinajstić information content (AvgIpc) is 2.58. The number of aliphatic carboxylic acids is 1. The van der Waals surface area contributed by atoms with E-state index in [0.717, 1.165) is 13.0 Å². The second-order valence-corrected chi connectivity index (χ2v) is 3.77. The largest absolute Gasteiger partial charge is 0.478 e. The van der Waals surface area contributed by atoms with Gasteiger partial charge in [-0.25, -0.2) is 4.79 Å². The van der Waals surface area contributed by atoms with E-state index in [9.17, 15) is 4.79 Å². The lowest BCUT2D eigenvalue weighted by molar-refractivity contribution is -0.132. The molecule has 1 aliphatic rings. The number of hydrogen-bond donors (Lipinski definition) is 2. The molecule has 4 nitrogen and oxygen atoms in total. The van der Waals surface area contributed by atoms with E-state index in [4.69, 9.17) is 9.84 Å². The SMILES string of the molecule is CCC(=CCNC1CCOC1C)C(=O)O. The molecule has 2 N–H and O–H groups in total. The average molecular weight is 213 g/mol. The highest BCUT2D eigenvalue weighted by Crippen LogP contribution is 2.12. The molecule has 0 bridgehead atoms. The van der Waals surface area contributed by atoms with E-state index in [1.165, 1.54) is 0 Å². The number of carbonyl (C=O) groups is 1. The van der Waals surface area contributed by atoms with Gasteiger partial charge in [-0.1, -0.05) is 13.0 Å². The summed E-state index contributed by atoms with van der Waals surface area (Å²) in [5.74, 6) is -0.824. The van der Waals surface area contributed by atoms with Crippen LogP contribution in [0, 0.1) is 0 Å². The maximum Gasteiger partial charge on any atom is 0.331 e.